The lowest BCUT2D eigenvalue weighted by atomic mass is 10.2. The van der Waals surface area contributed by atoms with E-state index in [0.29, 0.717) is 18.1 Å². The molecule has 2 rings (SSSR count). The van der Waals surface area contributed by atoms with Gasteiger partial charge >= 0.3 is 0 Å². The van der Waals surface area contributed by atoms with E-state index in [1.165, 1.54) is 0 Å². The Hall–Kier alpha value is -1.16. The molecule has 4 heteroatoms. The van der Waals surface area contributed by atoms with Crippen LogP contribution in [0, 0.1) is 0 Å². The number of nitrogens with zero attached hydrogens (tertiary/aromatic N) is 2. The molecule has 1 aliphatic rings. The van der Waals surface area contributed by atoms with E-state index >= 15 is 0 Å². The Morgan fingerprint density at radius 1 is 1.31 bits per heavy atom. The highest BCUT2D eigenvalue weighted by molar-refractivity contribution is 5.44. The van der Waals surface area contributed by atoms with Crippen LogP contribution in [0.2, 0.25) is 0 Å². The molecule has 1 aliphatic carbocycles. The number of anilines is 1. The first-order chi connectivity index (χ1) is 6.31. The van der Waals surface area contributed by atoms with Crippen LogP contribution in [0.1, 0.15) is 23.5 Å². The molecule has 1 heterocycles. The molecular weight excluding hydrogens is 166 g/mol. The number of nitrogen functional groups attached to an aromatic ring is 1. The number of hydrogen-bond acceptors (Lipinski definition) is 4. The molecule has 1 aromatic rings. The zero-order chi connectivity index (χ0) is 9.26. The molecule has 3 N–H and O–H groups in total. The first-order valence-electron chi connectivity index (χ1n) is 4.56. The summed E-state index contributed by atoms with van der Waals surface area (Å²) in [5.74, 6) is 1.27. The van der Waals surface area contributed by atoms with Gasteiger partial charge in [-0.3, -0.25) is 0 Å². The second-order valence-electron chi connectivity index (χ2n) is 3.28. The van der Waals surface area contributed by atoms with Crippen LogP contribution in [0.3, 0.4) is 0 Å². The van der Waals surface area contributed by atoms with Crippen LogP contribution in [-0.4, -0.2) is 21.7 Å². The number of nitrogens with two attached hydrogens (primary N) is 1. The van der Waals surface area contributed by atoms with E-state index in [4.69, 9.17) is 10.8 Å². The summed E-state index contributed by atoms with van der Waals surface area (Å²) in [6.07, 6.45) is 3.62. The van der Waals surface area contributed by atoms with E-state index in [1.54, 1.807) is 0 Å². The first kappa shape index (κ1) is 8.44. The molecule has 0 radical (unpaired) electrons. The highest BCUT2D eigenvalue weighted by Crippen LogP contribution is 2.23. The van der Waals surface area contributed by atoms with Crippen molar-refractivity contribution in [3.8, 4) is 0 Å². The van der Waals surface area contributed by atoms with Crippen molar-refractivity contribution < 1.29 is 5.11 Å². The van der Waals surface area contributed by atoms with Crippen molar-refractivity contribution in [1.82, 2.24) is 9.97 Å². The van der Waals surface area contributed by atoms with Crippen molar-refractivity contribution in [3.63, 3.8) is 0 Å². The second kappa shape index (κ2) is 3.30. The lowest BCUT2D eigenvalue weighted by molar-refractivity contribution is 0.296. The molecule has 0 aliphatic heterocycles. The molecule has 0 saturated carbocycles. The average Bonchev–Trinajstić information content (AvgIpc) is 2.53. The van der Waals surface area contributed by atoms with Crippen molar-refractivity contribution in [2.24, 2.45) is 0 Å². The summed E-state index contributed by atoms with van der Waals surface area (Å²) in [7, 11) is 0. The molecule has 0 unspecified atom stereocenters. The van der Waals surface area contributed by atoms with E-state index in [-0.39, 0.29) is 6.61 Å². The van der Waals surface area contributed by atoms with Crippen LogP contribution in [0.4, 0.5) is 5.82 Å². The van der Waals surface area contributed by atoms with E-state index in [9.17, 15) is 0 Å². The maximum Gasteiger partial charge on any atom is 0.133 e. The van der Waals surface area contributed by atoms with Gasteiger partial charge in [-0.1, -0.05) is 0 Å². The Kier molecular flexibility index (Phi) is 2.14. The Morgan fingerprint density at radius 3 is 2.92 bits per heavy atom. The van der Waals surface area contributed by atoms with Gasteiger partial charge in [-0.05, 0) is 19.3 Å². The summed E-state index contributed by atoms with van der Waals surface area (Å²) in [6, 6.07) is 0. The van der Waals surface area contributed by atoms with Gasteiger partial charge in [0.1, 0.15) is 11.6 Å². The smallest absolute Gasteiger partial charge is 0.133 e. The molecule has 1 aromatic heterocycles. The summed E-state index contributed by atoms with van der Waals surface area (Å²) in [6.45, 7) is 0.0816. The fourth-order valence-corrected chi connectivity index (χ4v) is 1.73. The molecule has 0 fully saturated rings. The summed E-state index contributed by atoms with van der Waals surface area (Å²) in [5.41, 5.74) is 7.96. The molecule has 0 bridgehead atoms. The highest BCUT2D eigenvalue weighted by atomic mass is 16.3. The minimum atomic E-state index is 0.0816. The number of rotatable bonds is 2. The second-order valence-corrected chi connectivity index (χ2v) is 3.28. The van der Waals surface area contributed by atoms with Crippen LogP contribution in [0.25, 0.3) is 0 Å². The summed E-state index contributed by atoms with van der Waals surface area (Å²) in [4.78, 5) is 8.49. The van der Waals surface area contributed by atoms with Crippen LogP contribution < -0.4 is 5.73 Å². The highest BCUT2D eigenvalue weighted by Gasteiger charge is 2.17. The van der Waals surface area contributed by atoms with Gasteiger partial charge in [0, 0.05) is 17.7 Å². The monoisotopic (exact) mass is 179 g/mol. The van der Waals surface area contributed by atoms with Crippen molar-refractivity contribution in [3.05, 3.63) is 17.1 Å². The molecule has 70 valence electrons. The molecule has 0 aromatic carbocycles. The van der Waals surface area contributed by atoms with Gasteiger partial charge in [-0.25, -0.2) is 9.97 Å². The zero-order valence-electron chi connectivity index (χ0n) is 7.45. The fraction of sp³-hybridized carbons (Fsp3) is 0.556. The number of aryl methyl sites for hydroxylation is 1. The topological polar surface area (TPSA) is 72.0 Å². The standard InChI is InChI=1S/C9H13N3O/c10-9-6-2-1-3-7(6)11-8(12-9)4-5-13/h13H,1-5H2,(H2,10,11,12). The van der Waals surface area contributed by atoms with E-state index in [0.717, 1.165) is 30.5 Å². The van der Waals surface area contributed by atoms with E-state index in [2.05, 4.69) is 9.97 Å². The Balaban J connectivity index is 2.37. The van der Waals surface area contributed by atoms with Gasteiger partial charge in [0.15, 0.2) is 0 Å². The first-order valence-corrected chi connectivity index (χ1v) is 4.56. The Bertz CT molecular complexity index is 325. The van der Waals surface area contributed by atoms with E-state index in [1.807, 2.05) is 0 Å². The zero-order valence-corrected chi connectivity index (χ0v) is 7.45. The lowest BCUT2D eigenvalue weighted by Crippen LogP contribution is -2.06. The average molecular weight is 179 g/mol. The number of aliphatic hydroxyl groups excluding tert-OH is 1. The minimum absolute atomic E-state index is 0.0816. The predicted molar refractivity (Wildman–Crippen MR) is 49.3 cm³/mol. The number of hydrogen-bond donors (Lipinski definition) is 2. The van der Waals surface area contributed by atoms with Crippen molar-refractivity contribution in [2.45, 2.75) is 25.7 Å². The van der Waals surface area contributed by atoms with Crippen LogP contribution >= 0.6 is 0 Å². The maximum atomic E-state index is 8.74. The summed E-state index contributed by atoms with van der Waals surface area (Å²) < 4.78 is 0. The van der Waals surface area contributed by atoms with Gasteiger partial charge in [-0.2, -0.15) is 0 Å². The maximum absolute atomic E-state index is 8.74. The largest absolute Gasteiger partial charge is 0.396 e. The molecule has 13 heavy (non-hydrogen) atoms. The quantitative estimate of drug-likeness (QED) is 0.674. The normalized spacial score (nSPS) is 14.5. The molecule has 4 nitrogen and oxygen atoms in total. The number of aliphatic hydroxyl groups is 1. The van der Waals surface area contributed by atoms with Crippen LogP contribution in [0.5, 0.6) is 0 Å². The summed E-state index contributed by atoms with van der Waals surface area (Å²) in [5, 5.41) is 8.74. The number of aromatic nitrogens is 2. The molecule has 0 spiro atoms. The van der Waals surface area contributed by atoms with E-state index < -0.39 is 0 Å². The van der Waals surface area contributed by atoms with Crippen molar-refractivity contribution in [1.29, 1.82) is 0 Å². The van der Waals surface area contributed by atoms with Gasteiger partial charge in [0.2, 0.25) is 0 Å². The minimum Gasteiger partial charge on any atom is -0.396 e. The van der Waals surface area contributed by atoms with Gasteiger partial charge in [0.05, 0.1) is 6.61 Å². The third-order valence-corrected chi connectivity index (χ3v) is 2.35. The van der Waals surface area contributed by atoms with Crippen molar-refractivity contribution in [2.75, 3.05) is 12.3 Å². The van der Waals surface area contributed by atoms with Gasteiger partial charge in [-0.15, -0.1) is 0 Å². The SMILES string of the molecule is Nc1nc(CCO)nc2c1CCC2. The van der Waals surface area contributed by atoms with Gasteiger partial charge in [0.25, 0.3) is 0 Å². The number of fused-ring (bicyclic) bond motifs is 1. The summed E-state index contributed by atoms with van der Waals surface area (Å²) >= 11 is 0. The van der Waals surface area contributed by atoms with Crippen LogP contribution in [0.15, 0.2) is 0 Å². The lowest BCUT2D eigenvalue weighted by Gasteiger charge is -2.04. The van der Waals surface area contributed by atoms with Crippen molar-refractivity contribution >= 4 is 5.82 Å². The third-order valence-electron chi connectivity index (χ3n) is 2.35. The third kappa shape index (κ3) is 1.49. The van der Waals surface area contributed by atoms with Gasteiger partial charge < -0.3 is 10.8 Å². The fourth-order valence-electron chi connectivity index (χ4n) is 1.73. The molecule has 0 amide bonds. The molecule has 0 atom stereocenters. The Morgan fingerprint density at radius 2 is 2.15 bits per heavy atom. The molecular formula is C9H13N3O. The Labute approximate surface area is 76.8 Å². The molecule has 0 saturated heterocycles. The predicted octanol–water partition coefficient (Wildman–Crippen LogP) is 0.0823. The van der Waals surface area contributed by atoms with Crippen LogP contribution in [-0.2, 0) is 19.3 Å².